The van der Waals surface area contributed by atoms with Gasteiger partial charge in [-0.3, -0.25) is 9.69 Å². The number of amides is 1. The van der Waals surface area contributed by atoms with Crippen molar-refractivity contribution >= 4 is 5.91 Å². The number of rotatable bonds is 6. The van der Waals surface area contributed by atoms with Crippen LogP contribution < -0.4 is 0 Å². The Labute approximate surface area is 166 Å². The van der Waals surface area contributed by atoms with Gasteiger partial charge in [-0.1, -0.05) is 42.4 Å². The van der Waals surface area contributed by atoms with Crippen LogP contribution in [0.2, 0.25) is 0 Å². The third-order valence-corrected chi connectivity index (χ3v) is 6.36. The molecule has 0 unspecified atom stereocenters. The molecule has 28 heavy (non-hydrogen) atoms. The second kappa shape index (κ2) is 8.43. The van der Waals surface area contributed by atoms with Crippen LogP contribution in [0.3, 0.4) is 0 Å². The lowest BCUT2D eigenvalue weighted by atomic mass is 9.72. The SMILES string of the molecule is CCc1nc(CN2CCC3(CCC(=O)N(CCc4ccccc4)C3)CC2)no1. The number of hydrogen-bond donors (Lipinski definition) is 0. The molecule has 2 aromatic rings. The number of benzene rings is 1. The third kappa shape index (κ3) is 4.43. The highest BCUT2D eigenvalue weighted by molar-refractivity contribution is 5.77. The molecule has 0 bridgehead atoms. The monoisotopic (exact) mass is 382 g/mol. The van der Waals surface area contributed by atoms with Crippen molar-refractivity contribution in [2.24, 2.45) is 5.41 Å². The first-order valence-electron chi connectivity index (χ1n) is 10.5. The van der Waals surface area contributed by atoms with E-state index in [0.717, 1.165) is 70.7 Å². The summed E-state index contributed by atoms with van der Waals surface area (Å²) in [5.74, 6) is 1.82. The smallest absolute Gasteiger partial charge is 0.226 e. The van der Waals surface area contributed by atoms with Crippen LogP contribution in [-0.4, -0.2) is 52.0 Å². The van der Waals surface area contributed by atoms with Crippen molar-refractivity contribution < 1.29 is 9.32 Å². The molecule has 4 rings (SSSR count). The Morgan fingerprint density at radius 3 is 2.64 bits per heavy atom. The molecule has 2 aliphatic heterocycles. The summed E-state index contributed by atoms with van der Waals surface area (Å²) in [4.78, 5) is 21.4. The molecule has 1 amide bonds. The number of carbonyl (C=O) groups is 1. The van der Waals surface area contributed by atoms with E-state index in [1.807, 2.05) is 13.0 Å². The molecule has 0 N–H and O–H groups in total. The summed E-state index contributed by atoms with van der Waals surface area (Å²) < 4.78 is 5.22. The largest absolute Gasteiger partial charge is 0.342 e. The van der Waals surface area contributed by atoms with E-state index in [0.29, 0.717) is 18.2 Å². The fraction of sp³-hybridized carbons (Fsp3) is 0.591. The maximum Gasteiger partial charge on any atom is 0.226 e. The number of aromatic nitrogens is 2. The molecule has 2 fully saturated rings. The zero-order valence-corrected chi connectivity index (χ0v) is 16.8. The van der Waals surface area contributed by atoms with Crippen molar-refractivity contribution in [1.29, 1.82) is 0 Å². The highest BCUT2D eigenvalue weighted by atomic mass is 16.5. The minimum atomic E-state index is 0.285. The van der Waals surface area contributed by atoms with Crippen LogP contribution in [0.15, 0.2) is 34.9 Å². The van der Waals surface area contributed by atoms with Gasteiger partial charge in [-0.25, -0.2) is 0 Å². The van der Waals surface area contributed by atoms with Crippen LogP contribution in [0.5, 0.6) is 0 Å². The van der Waals surface area contributed by atoms with Gasteiger partial charge in [-0.05, 0) is 49.8 Å². The van der Waals surface area contributed by atoms with E-state index >= 15 is 0 Å². The Balaban J connectivity index is 1.30. The van der Waals surface area contributed by atoms with E-state index < -0.39 is 0 Å². The molecule has 2 aliphatic rings. The van der Waals surface area contributed by atoms with Gasteiger partial charge in [0, 0.05) is 25.9 Å². The van der Waals surface area contributed by atoms with Gasteiger partial charge in [-0.15, -0.1) is 0 Å². The van der Waals surface area contributed by atoms with Crippen LogP contribution in [0.25, 0.3) is 0 Å². The molecule has 0 radical (unpaired) electrons. The molecule has 1 aromatic heterocycles. The second-order valence-corrected chi connectivity index (χ2v) is 8.28. The van der Waals surface area contributed by atoms with Crippen LogP contribution in [0, 0.1) is 5.41 Å². The summed E-state index contributed by atoms with van der Waals surface area (Å²) >= 11 is 0. The highest BCUT2D eigenvalue weighted by Gasteiger charge is 2.40. The lowest BCUT2D eigenvalue weighted by Crippen LogP contribution is -2.51. The van der Waals surface area contributed by atoms with Crippen molar-refractivity contribution in [3.63, 3.8) is 0 Å². The summed E-state index contributed by atoms with van der Waals surface area (Å²) in [6, 6.07) is 10.5. The van der Waals surface area contributed by atoms with E-state index in [4.69, 9.17) is 4.52 Å². The van der Waals surface area contributed by atoms with Crippen molar-refractivity contribution in [3.8, 4) is 0 Å². The van der Waals surface area contributed by atoms with Gasteiger partial charge in [0.2, 0.25) is 11.8 Å². The summed E-state index contributed by atoms with van der Waals surface area (Å²) in [5.41, 5.74) is 1.59. The summed E-state index contributed by atoms with van der Waals surface area (Å²) in [5, 5.41) is 4.08. The zero-order chi connectivity index (χ0) is 19.4. The van der Waals surface area contributed by atoms with E-state index in [1.54, 1.807) is 0 Å². The molecule has 0 atom stereocenters. The number of nitrogens with zero attached hydrogens (tertiary/aromatic N) is 4. The maximum atomic E-state index is 12.5. The van der Waals surface area contributed by atoms with Gasteiger partial charge in [0.1, 0.15) is 0 Å². The quantitative estimate of drug-likeness (QED) is 0.768. The third-order valence-electron chi connectivity index (χ3n) is 6.36. The number of likely N-dealkylation sites (tertiary alicyclic amines) is 2. The molecule has 150 valence electrons. The summed E-state index contributed by atoms with van der Waals surface area (Å²) in [7, 11) is 0. The topological polar surface area (TPSA) is 62.5 Å². The molecular formula is C22H30N4O2. The maximum absolute atomic E-state index is 12.5. The van der Waals surface area contributed by atoms with Crippen molar-refractivity contribution in [2.75, 3.05) is 26.2 Å². The molecule has 3 heterocycles. The Morgan fingerprint density at radius 1 is 1.14 bits per heavy atom. The normalized spacial score (nSPS) is 20.0. The van der Waals surface area contributed by atoms with E-state index in [9.17, 15) is 4.79 Å². The summed E-state index contributed by atoms with van der Waals surface area (Å²) in [6.07, 6.45) is 5.72. The van der Waals surface area contributed by atoms with Gasteiger partial charge < -0.3 is 9.42 Å². The molecular weight excluding hydrogens is 352 g/mol. The first-order valence-corrected chi connectivity index (χ1v) is 10.5. The Bertz CT molecular complexity index is 781. The van der Waals surface area contributed by atoms with E-state index in [-0.39, 0.29) is 5.41 Å². The van der Waals surface area contributed by atoms with Gasteiger partial charge in [0.05, 0.1) is 6.54 Å². The lowest BCUT2D eigenvalue weighted by Gasteiger charge is -2.47. The van der Waals surface area contributed by atoms with E-state index in [2.05, 4.69) is 44.2 Å². The minimum absolute atomic E-state index is 0.285. The van der Waals surface area contributed by atoms with Crippen molar-refractivity contribution in [2.45, 2.75) is 52.0 Å². The molecule has 1 aromatic carbocycles. The first kappa shape index (κ1) is 19.1. The number of aryl methyl sites for hydroxylation is 1. The van der Waals surface area contributed by atoms with Crippen LogP contribution in [-0.2, 0) is 24.2 Å². The number of hydrogen-bond acceptors (Lipinski definition) is 5. The van der Waals surface area contributed by atoms with Gasteiger partial charge in [0.25, 0.3) is 0 Å². The van der Waals surface area contributed by atoms with E-state index in [1.165, 1.54) is 5.56 Å². The second-order valence-electron chi connectivity index (χ2n) is 8.28. The van der Waals surface area contributed by atoms with Gasteiger partial charge in [0.15, 0.2) is 5.82 Å². The highest BCUT2D eigenvalue weighted by Crippen LogP contribution is 2.40. The average molecular weight is 383 g/mol. The fourth-order valence-electron chi connectivity index (χ4n) is 4.51. The Morgan fingerprint density at radius 2 is 1.93 bits per heavy atom. The molecule has 6 heteroatoms. The van der Waals surface area contributed by atoms with Crippen LogP contribution >= 0.6 is 0 Å². The Kier molecular flexibility index (Phi) is 5.76. The van der Waals surface area contributed by atoms with Crippen LogP contribution in [0.1, 0.15) is 49.9 Å². The average Bonchev–Trinajstić information content (AvgIpc) is 3.19. The van der Waals surface area contributed by atoms with Gasteiger partial charge in [-0.2, -0.15) is 4.98 Å². The standard InChI is InChI=1S/C22H30N4O2/c1-2-20-23-19(24-28-20)16-25-14-11-22(12-15-25)10-8-21(27)26(17-22)13-9-18-6-4-3-5-7-18/h3-7H,2,8-17H2,1H3. The number of carbonyl (C=O) groups excluding carboxylic acids is 1. The molecule has 1 spiro atoms. The summed E-state index contributed by atoms with van der Waals surface area (Å²) in [6.45, 7) is 6.60. The predicted molar refractivity (Wildman–Crippen MR) is 107 cm³/mol. The zero-order valence-electron chi connectivity index (χ0n) is 16.8. The van der Waals surface area contributed by atoms with Crippen molar-refractivity contribution in [3.05, 3.63) is 47.6 Å². The van der Waals surface area contributed by atoms with Crippen molar-refractivity contribution in [1.82, 2.24) is 19.9 Å². The fourth-order valence-corrected chi connectivity index (χ4v) is 4.51. The predicted octanol–water partition coefficient (Wildman–Crippen LogP) is 3.08. The molecule has 0 saturated carbocycles. The Hall–Kier alpha value is -2.21. The minimum Gasteiger partial charge on any atom is -0.342 e. The van der Waals surface area contributed by atoms with Crippen LogP contribution in [0.4, 0.5) is 0 Å². The van der Waals surface area contributed by atoms with Gasteiger partial charge >= 0.3 is 0 Å². The molecule has 0 aliphatic carbocycles. The first-order chi connectivity index (χ1) is 13.7. The lowest BCUT2D eigenvalue weighted by molar-refractivity contribution is -0.139. The molecule has 2 saturated heterocycles. The molecule has 6 nitrogen and oxygen atoms in total. The number of piperidine rings is 2.